The van der Waals surface area contributed by atoms with Gasteiger partial charge >= 0.3 is 0 Å². The zero-order valence-corrected chi connectivity index (χ0v) is 11.4. The lowest BCUT2D eigenvalue weighted by atomic mass is 10.0. The van der Waals surface area contributed by atoms with Crippen LogP contribution in [-0.2, 0) is 0 Å². The maximum absolute atomic E-state index is 6.16. The molecule has 0 saturated heterocycles. The normalized spacial score (nSPS) is 12.4. The van der Waals surface area contributed by atoms with E-state index in [9.17, 15) is 0 Å². The number of nitrogens with two attached hydrogens (primary N) is 1. The van der Waals surface area contributed by atoms with Crippen molar-refractivity contribution in [1.29, 1.82) is 0 Å². The molecule has 0 aliphatic carbocycles. The number of hydrogen-bond donors (Lipinski definition) is 1. The van der Waals surface area contributed by atoms with E-state index in [1.807, 2.05) is 18.2 Å². The molecule has 2 N–H and O–H groups in total. The van der Waals surface area contributed by atoms with Gasteiger partial charge in [0.1, 0.15) is 6.33 Å². The minimum Gasteiger partial charge on any atom is -0.320 e. The fourth-order valence-corrected chi connectivity index (χ4v) is 2.28. The molecule has 3 nitrogen and oxygen atoms in total. The molecule has 0 saturated carbocycles. The Morgan fingerprint density at radius 3 is 2.50 bits per heavy atom. The molecule has 0 bridgehead atoms. The van der Waals surface area contributed by atoms with Gasteiger partial charge in [-0.3, -0.25) is 0 Å². The minimum atomic E-state index is -0.229. The highest BCUT2D eigenvalue weighted by atomic mass is 79.9. The van der Waals surface area contributed by atoms with E-state index >= 15 is 0 Å². The first kappa shape index (κ1) is 11.7. The van der Waals surface area contributed by atoms with Gasteiger partial charge < -0.3 is 5.73 Å². The third kappa shape index (κ3) is 2.48. The molecule has 0 aliphatic rings. The Morgan fingerprint density at radius 1 is 1.12 bits per heavy atom. The zero-order chi connectivity index (χ0) is 11.5. The Morgan fingerprint density at radius 2 is 1.81 bits per heavy atom. The SMILES string of the molecule is NC(c1cncnc1)c1cc(Br)ccc1Br. The molecule has 16 heavy (non-hydrogen) atoms. The van der Waals surface area contributed by atoms with Gasteiger partial charge in [-0.2, -0.15) is 0 Å². The summed E-state index contributed by atoms with van der Waals surface area (Å²) >= 11 is 6.92. The summed E-state index contributed by atoms with van der Waals surface area (Å²) in [4.78, 5) is 7.93. The molecule has 0 aliphatic heterocycles. The van der Waals surface area contributed by atoms with Crippen LogP contribution in [-0.4, -0.2) is 9.97 Å². The summed E-state index contributed by atoms with van der Waals surface area (Å²) in [7, 11) is 0. The predicted molar refractivity (Wildman–Crippen MR) is 69.9 cm³/mol. The van der Waals surface area contributed by atoms with Crippen molar-refractivity contribution in [2.24, 2.45) is 5.73 Å². The van der Waals surface area contributed by atoms with Crippen LogP contribution in [0.1, 0.15) is 17.2 Å². The molecular formula is C11H9Br2N3. The maximum atomic E-state index is 6.16. The van der Waals surface area contributed by atoms with Crippen LogP contribution in [0.4, 0.5) is 0 Å². The van der Waals surface area contributed by atoms with E-state index in [-0.39, 0.29) is 6.04 Å². The van der Waals surface area contributed by atoms with Crippen LogP contribution in [0, 0.1) is 0 Å². The summed E-state index contributed by atoms with van der Waals surface area (Å²) in [5.74, 6) is 0. The summed E-state index contributed by atoms with van der Waals surface area (Å²) in [5.41, 5.74) is 8.05. The van der Waals surface area contributed by atoms with Gasteiger partial charge in [0.05, 0.1) is 6.04 Å². The van der Waals surface area contributed by atoms with Crippen molar-refractivity contribution >= 4 is 31.9 Å². The molecule has 0 amide bonds. The first-order valence-corrected chi connectivity index (χ1v) is 6.22. The van der Waals surface area contributed by atoms with E-state index in [0.29, 0.717) is 0 Å². The molecule has 1 heterocycles. The van der Waals surface area contributed by atoms with Crippen molar-refractivity contribution in [3.63, 3.8) is 0 Å². The zero-order valence-electron chi connectivity index (χ0n) is 8.27. The maximum Gasteiger partial charge on any atom is 0.115 e. The van der Waals surface area contributed by atoms with Crippen LogP contribution >= 0.6 is 31.9 Å². The number of rotatable bonds is 2. The summed E-state index contributed by atoms with van der Waals surface area (Å²) in [5, 5.41) is 0. The molecule has 82 valence electrons. The van der Waals surface area contributed by atoms with Crippen LogP contribution in [0.5, 0.6) is 0 Å². The van der Waals surface area contributed by atoms with E-state index in [1.165, 1.54) is 6.33 Å². The Labute approximate surface area is 110 Å². The quantitative estimate of drug-likeness (QED) is 0.912. The van der Waals surface area contributed by atoms with E-state index in [1.54, 1.807) is 12.4 Å². The molecule has 0 radical (unpaired) electrons. The number of hydrogen-bond acceptors (Lipinski definition) is 3. The molecule has 2 rings (SSSR count). The Hall–Kier alpha value is -0.780. The second-order valence-corrected chi connectivity index (χ2v) is 5.09. The highest BCUT2D eigenvalue weighted by Gasteiger charge is 2.12. The van der Waals surface area contributed by atoms with E-state index in [4.69, 9.17) is 5.73 Å². The van der Waals surface area contributed by atoms with Crippen molar-refractivity contribution in [2.45, 2.75) is 6.04 Å². The predicted octanol–water partition coefficient (Wildman–Crippen LogP) is 3.05. The Kier molecular flexibility index (Phi) is 3.68. The van der Waals surface area contributed by atoms with Crippen LogP contribution in [0.25, 0.3) is 0 Å². The average Bonchev–Trinajstić information content (AvgIpc) is 2.32. The Bertz CT molecular complexity index is 488. The van der Waals surface area contributed by atoms with Crippen molar-refractivity contribution in [3.8, 4) is 0 Å². The van der Waals surface area contributed by atoms with Crippen LogP contribution in [0.2, 0.25) is 0 Å². The molecule has 1 aromatic carbocycles. The van der Waals surface area contributed by atoms with Crippen LogP contribution < -0.4 is 5.73 Å². The topological polar surface area (TPSA) is 51.8 Å². The Balaban J connectivity index is 2.41. The molecule has 1 unspecified atom stereocenters. The number of nitrogens with zero attached hydrogens (tertiary/aromatic N) is 2. The number of aromatic nitrogens is 2. The first-order chi connectivity index (χ1) is 7.68. The van der Waals surface area contributed by atoms with Crippen LogP contribution in [0.3, 0.4) is 0 Å². The highest BCUT2D eigenvalue weighted by Crippen LogP contribution is 2.28. The van der Waals surface area contributed by atoms with Crippen molar-refractivity contribution < 1.29 is 0 Å². The average molecular weight is 343 g/mol. The molecule has 2 aromatic rings. The summed E-state index contributed by atoms with van der Waals surface area (Å²) in [6.07, 6.45) is 4.95. The largest absolute Gasteiger partial charge is 0.320 e. The second kappa shape index (κ2) is 5.03. The fraction of sp³-hybridized carbons (Fsp3) is 0.0909. The smallest absolute Gasteiger partial charge is 0.115 e. The fourth-order valence-electron chi connectivity index (χ4n) is 1.40. The first-order valence-electron chi connectivity index (χ1n) is 4.64. The lowest BCUT2D eigenvalue weighted by molar-refractivity contribution is 0.845. The van der Waals surface area contributed by atoms with E-state index in [2.05, 4.69) is 41.8 Å². The standard InChI is InChI=1S/C11H9Br2N3/c12-8-1-2-10(13)9(3-8)11(14)7-4-15-6-16-5-7/h1-6,11H,14H2. The molecule has 1 atom stereocenters. The van der Waals surface area contributed by atoms with E-state index in [0.717, 1.165) is 20.1 Å². The summed E-state index contributed by atoms with van der Waals surface area (Å²) < 4.78 is 1.98. The van der Waals surface area contributed by atoms with Gasteiger partial charge in [-0.05, 0) is 23.8 Å². The van der Waals surface area contributed by atoms with Gasteiger partial charge in [-0.15, -0.1) is 0 Å². The van der Waals surface area contributed by atoms with Crippen LogP contribution in [0.15, 0.2) is 45.9 Å². The number of halogens is 2. The van der Waals surface area contributed by atoms with Gasteiger partial charge in [-0.25, -0.2) is 9.97 Å². The van der Waals surface area contributed by atoms with Crippen molar-refractivity contribution in [1.82, 2.24) is 9.97 Å². The molecule has 1 aromatic heterocycles. The third-order valence-corrected chi connectivity index (χ3v) is 3.45. The third-order valence-electron chi connectivity index (χ3n) is 2.23. The summed E-state index contributed by atoms with van der Waals surface area (Å²) in [6.45, 7) is 0. The van der Waals surface area contributed by atoms with Crippen molar-refractivity contribution in [3.05, 3.63) is 57.0 Å². The molecule has 5 heteroatoms. The molecule has 0 fully saturated rings. The van der Waals surface area contributed by atoms with Gasteiger partial charge in [0.25, 0.3) is 0 Å². The lowest BCUT2D eigenvalue weighted by Crippen LogP contribution is -2.13. The molecular weight excluding hydrogens is 334 g/mol. The van der Waals surface area contributed by atoms with E-state index < -0.39 is 0 Å². The minimum absolute atomic E-state index is 0.229. The van der Waals surface area contributed by atoms with Gasteiger partial charge in [0, 0.05) is 26.9 Å². The molecule has 0 spiro atoms. The van der Waals surface area contributed by atoms with Gasteiger partial charge in [0.15, 0.2) is 0 Å². The monoisotopic (exact) mass is 341 g/mol. The highest BCUT2D eigenvalue weighted by molar-refractivity contribution is 9.11. The summed E-state index contributed by atoms with van der Waals surface area (Å²) in [6, 6.07) is 5.68. The lowest BCUT2D eigenvalue weighted by Gasteiger charge is -2.13. The second-order valence-electron chi connectivity index (χ2n) is 3.32. The number of benzene rings is 1. The van der Waals surface area contributed by atoms with Gasteiger partial charge in [0.2, 0.25) is 0 Å². The van der Waals surface area contributed by atoms with Gasteiger partial charge in [-0.1, -0.05) is 31.9 Å². The van der Waals surface area contributed by atoms with Crippen molar-refractivity contribution in [2.75, 3.05) is 0 Å².